The molecule has 13 heavy (non-hydrogen) atoms. The molecular weight excluding hydrogens is 188 g/mol. The molecule has 0 N–H and O–H groups in total. The highest BCUT2D eigenvalue weighted by Gasteiger charge is 2.03. The fourth-order valence-electron chi connectivity index (χ4n) is 1.06. The van der Waals surface area contributed by atoms with Crippen molar-refractivity contribution in [3.63, 3.8) is 0 Å². The van der Waals surface area contributed by atoms with E-state index in [1.165, 1.54) is 0 Å². The Morgan fingerprint density at radius 3 is 2.92 bits per heavy atom. The van der Waals surface area contributed by atoms with Gasteiger partial charge in [-0.05, 0) is 13.0 Å². The Hall–Kier alpha value is -1.42. The molecule has 0 aromatic carbocycles. The van der Waals surface area contributed by atoms with Crippen molar-refractivity contribution in [2.75, 3.05) is 0 Å². The number of hydrogen-bond donors (Lipinski definition) is 0. The molecule has 0 spiro atoms. The summed E-state index contributed by atoms with van der Waals surface area (Å²) in [7, 11) is 0. The Morgan fingerprint density at radius 2 is 2.23 bits per heavy atom. The maximum Gasteiger partial charge on any atom is 0.153 e. The number of halogens is 1. The highest BCUT2D eigenvalue weighted by Crippen LogP contribution is 2.13. The zero-order valence-corrected chi connectivity index (χ0v) is 7.73. The van der Waals surface area contributed by atoms with Gasteiger partial charge in [-0.2, -0.15) is 10.2 Å². The molecule has 2 aromatic heterocycles. The lowest BCUT2D eigenvalue weighted by Gasteiger charge is -2.03. The normalized spacial score (nSPS) is 10.3. The second kappa shape index (κ2) is 3.14. The standard InChI is InChI=1S/C8H7ClN4/c1-6-7(5-8(9)12-11-6)13-4-2-3-10-13/h2-5H,1H3. The van der Waals surface area contributed by atoms with E-state index in [1.54, 1.807) is 16.9 Å². The lowest BCUT2D eigenvalue weighted by molar-refractivity contribution is 0.840. The molecule has 5 heteroatoms. The lowest BCUT2D eigenvalue weighted by Crippen LogP contribution is -2.00. The third-order valence-corrected chi connectivity index (χ3v) is 1.86. The van der Waals surface area contributed by atoms with Crippen molar-refractivity contribution in [3.05, 3.63) is 35.4 Å². The first-order valence-electron chi connectivity index (χ1n) is 3.77. The first kappa shape index (κ1) is 8.19. The van der Waals surface area contributed by atoms with Gasteiger partial charge in [-0.3, -0.25) is 0 Å². The van der Waals surface area contributed by atoms with Gasteiger partial charge in [0.1, 0.15) is 0 Å². The Labute approximate surface area is 80.2 Å². The zero-order valence-electron chi connectivity index (χ0n) is 6.98. The molecule has 2 aromatic rings. The topological polar surface area (TPSA) is 43.6 Å². The van der Waals surface area contributed by atoms with Gasteiger partial charge in [0.2, 0.25) is 0 Å². The van der Waals surface area contributed by atoms with Crippen molar-refractivity contribution in [2.45, 2.75) is 6.92 Å². The van der Waals surface area contributed by atoms with Gasteiger partial charge in [0, 0.05) is 18.5 Å². The quantitative estimate of drug-likeness (QED) is 0.693. The summed E-state index contributed by atoms with van der Waals surface area (Å²) in [6, 6.07) is 3.57. The number of nitrogens with zero attached hydrogens (tertiary/aromatic N) is 4. The maximum absolute atomic E-state index is 5.72. The van der Waals surface area contributed by atoms with Crippen molar-refractivity contribution in [1.82, 2.24) is 20.0 Å². The molecule has 0 amide bonds. The van der Waals surface area contributed by atoms with Gasteiger partial charge in [-0.1, -0.05) is 11.6 Å². The summed E-state index contributed by atoms with van der Waals surface area (Å²) < 4.78 is 1.70. The van der Waals surface area contributed by atoms with E-state index in [-0.39, 0.29) is 0 Å². The predicted molar refractivity (Wildman–Crippen MR) is 48.9 cm³/mol. The summed E-state index contributed by atoms with van der Waals surface area (Å²) in [5, 5.41) is 12.1. The summed E-state index contributed by atoms with van der Waals surface area (Å²) in [6.45, 7) is 1.86. The van der Waals surface area contributed by atoms with Gasteiger partial charge in [0.25, 0.3) is 0 Å². The molecule has 0 unspecified atom stereocenters. The first-order chi connectivity index (χ1) is 6.27. The summed E-state index contributed by atoms with van der Waals surface area (Å²) >= 11 is 5.72. The molecule has 4 nitrogen and oxygen atoms in total. The summed E-state index contributed by atoms with van der Waals surface area (Å²) in [5.41, 5.74) is 1.65. The van der Waals surface area contributed by atoms with E-state index in [1.807, 2.05) is 19.2 Å². The average molecular weight is 195 g/mol. The van der Waals surface area contributed by atoms with Crippen LogP contribution in [0.1, 0.15) is 5.69 Å². The van der Waals surface area contributed by atoms with E-state index in [4.69, 9.17) is 11.6 Å². The minimum atomic E-state index is 0.371. The molecule has 0 radical (unpaired) electrons. The van der Waals surface area contributed by atoms with Crippen LogP contribution in [0.5, 0.6) is 0 Å². The zero-order chi connectivity index (χ0) is 9.26. The van der Waals surface area contributed by atoms with E-state index in [0.29, 0.717) is 5.15 Å². The van der Waals surface area contributed by atoms with Crippen LogP contribution < -0.4 is 0 Å². The van der Waals surface area contributed by atoms with Crippen molar-refractivity contribution < 1.29 is 0 Å². The number of rotatable bonds is 1. The minimum absolute atomic E-state index is 0.371. The van der Waals surface area contributed by atoms with Gasteiger partial charge < -0.3 is 0 Å². The van der Waals surface area contributed by atoms with E-state index >= 15 is 0 Å². The molecular formula is C8H7ClN4. The van der Waals surface area contributed by atoms with Crippen molar-refractivity contribution in [3.8, 4) is 5.69 Å². The third-order valence-electron chi connectivity index (χ3n) is 1.67. The Kier molecular flexibility index (Phi) is 1.98. The van der Waals surface area contributed by atoms with Crippen LogP contribution in [0.4, 0.5) is 0 Å². The van der Waals surface area contributed by atoms with Gasteiger partial charge in [-0.15, -0.1) is 5.10 Å². The number of hydrogen-bond acceptors (Lipinski definition) is 3. The lowest BCUT2D eigenvalue weighted by atomic mass is 10.3. The molecule has 0 aliphatic rings. The van der Waals surface area contributed by atoms with E-state index in [2.05, 4.69) is 15.3 Å². The Balaban J connectivity index is 2.57. The van der Waals surface area contributed by atoms with Crippen LogP contribution in [-0.2, 0) is 0 Å². The summed E-state index contributed by atoms with van der Waals surface area (Å²) in [6.07, 6.45) is 3.54. The molecule has 0 fully saturated rings. The predicted octanol–water partition coefficient (Wildman–Crippen LogP) is 1.62. The van der Waals surface area contributed by atoms with Crippen LogP contribution in [0.3, 0.4) is 0 Å². The molecule has 2 heterocycles. The van der Waals surface area contributed by atoms with Crippen LogP contribution in [0.15, 0.2) is 24.5 Å². The van der Waals surface area contributed by atoms with Gasteiger partial charge >= 0.3 is 0 Å². The Morgan fingerprint density at radius 1 is 1.38 bits per heavy atom. The third kappa shape index (κ3) is 1.53. The fourth-order valence-corrected chi connectivity index (χ4v) is 1.20. The molecule has 0 aliphatic heterocycles. The van der Waals surface area contributed by atoms with Crippen LogP contribution >= 0.6 is 11.6 Å². The monoisotopic (exact) mass is 194 g/mol. The van der Waals surface area contributed by atoms with E-state index in [0.717, 1.165) is 11.4 Å². The van der Waals surface area contributed by atoms with Gasteiger partial charge in [-0.25, -0.2) is 4.68 Å². The summed E-state index contributed by atoms with van der Waals surface area (Å²) in [5.74, 6) is 0. The second-order valence-corrected chi connectivity index (χ2v) is 2.98. The van der Waals surface area contributed by atoms with E-state index < -0.39 is 0 Å². The number of aromatic nitrogens is 4. The largest absolute Gasteiger partial charge is 0.239 e. The molecule has 0 aliphatic carbocycles. The first-order valence-corrected chi connectivity index (χ1v) is 4.15. The van der Waals surface area contributed by atoms with Gasteiger partial charge in [0.15, 0.2) is 5.15 Å². The molecule has 0 bridgehead atoms. The van der Waals surface area contributed by atoms with Crippen molar-refractivity contribution in [2.24, 2.45) is 0 Å². The van der Waals surface area contributed by atoms with Crippen molar-refractivity contribution >= 4 is 11.6 Å². The molecule has 0 saturated heterocycles. The van der Waals surface area contributed by atoms with Crippen LogP contribution in [0, 0.1) is 6.92 Å². The van der Waals surface area contributed by atoms with Crippen LogP contribution in [0.25, 0.3) is 5.69 Å². The highest BCUT2D eigenvalue weighted by molar-refractivity contribution is 6.29. The smallest absolute Gasteiger partial charge is 0.153 e. The fraction of sp³-hybridized carbons (Fsp3) is 0.125. The van der Waals surface area contributed by atoms with Crippen LogP contribution in [0.2, 0.25) is 5.15 Å². The molecule has 2 rings (SSSR count). The van der Waals surface area contributed by atoms with Gasteiger partial charge in [0.05, 0.1) is 11.4 Å². The number of aryl methyl sites for hydroxylation is 1. The molecule has 0 atom stereocenters. The average Bonchev–Trinajstić information content (AvgIpc) is 2.61. The maximum atomic E-state index is 5.72. The Bertz CT molecular complexity index is 410. The van der Waals surface area contributed by atoms with E-state index in [9.17, 15) is 0 Å². The molecule has 0 saturated carbocycles. The minimum Gasteiger partial charge on any atom is -0.239 e. The summed E-state index contributed by atoms with van der Waals surface area (Å²) in [4.78, 5) is 0. The molecule has 66 valence electrons. The SMILES string of the molecule is Cc1nnc(Cl)cc1-n1cccn1. The second-order valence-electron chi connectivity index (χ2n) is 2.59. The van der Waals surface area contributed by atoms with Crippen LogP contribution in [-0.4, -0.2) is 20.0 Å². The highest BCUT2D eigenvalue weighted by atomic mass is 35.5. The van der Waals surface area contributed by atoms with Crippen molar-refractivity contribution in [1.29, 1.82) is 0 Å².